The van der Waals surface area contributed by atoms with Gasteiger partial charge < -0.3 is 10.2 Å². The molecule has 0 spiro atoms. The van der Waals surface area contributed by atoms with E-state index in [-0.39, 0.29) is 0 Å². The van der Waals surface area contributed by atoms with Crippen molar-refractivity contribution < 1.29 is 0 Å². The summed E-state index contributed by atoms with van der Waals surface area (Å²) in [6.07, 6.45) is 8.49. The summed E-state index contributed by atoms with van der Waals surface area (Å²) in [6, 6.07) is 1.64. The SMILES string of the molecule is CCNC1CCC(C)CC1CN1CCCN2CCCC2C1. The standard InChI is InChI=1S/C18H35N3/c1-3-19-18-8-7-15(2)12-16(18)13-20-9-5-11-21-10-4-6-17(21)14-20/h15-19H,3-14H2,1-2H3. The normalized spacial score (nSPS) is 39.1. The lowest BCUT2D eigenvalue weighted by Crippen LogP contribution is -2.47. The van der Waals surface area contributed by atoms with Gasteiger partial charge in [-0.3, -0.25) is 4.90 Å². The van der Waals surface area contributed by atoms with Gasteiger partial charge in [0.15, 0.2) is 0 Å². The van der Waals surface area contributed by atoms with Crippen molar-refractivity contribution in [1.82, 2.24) is 15.1 Å². The van der Waals surface area contributed by atoms with Crippen LogP contribution in [0.2, 0.25) is 0 Å². The zero-order valence-corrected chi connectivity index (χ0v) is 14.2. The Balaban J connectivity index is 1.57. The summed E-state index contributed by atoms with van der Waals surface area (Å²) in [4.78, 5) is 5.56. The van der Waals surface area contributed by atoms with Gasteiger partial charge in [0.2, 0.25) is 0 Å². The van der Waals surface area contributed by atoms with E-state index in [1.54, 1.807) is 0 Å². The molecule has 1 N–H and O–H groups in total. The van der Waals surface area contributed by atoms with Gasteiger partial charge in [-0.15, -0.1) is 0 Å². The highest BCUT2D eigenvalue weighted by Crippen LogP contribution is 2.31. The molecule has 21 heavy (non-hydrogen) atoms. The summed E-state index contributed by atoms with van der Waals surface area (Å²) in [5, 5.41) is 3.77. The van der Waals surface area contributed by atoms with Crippen molar-refractivity contribution in [3.63, 3.8) is 0 Å². The Labute approximate surface area is 131 Å². The van der Waals surface area contributed by atoms with Crippen molar-refractivity contribution in [2.45, 2.75) is 64.5 Å². The van der Waals surface area contributed by atoms with Gasteiger partial charge in [-0.2, -0.15) is 0 Å². The van der Waals surface area contributed by atoms with E-state index < -0.39 is 0 Å². The average Bonchev–Trinajstić information content (AvgIpc) is 2.81. The predicted octanol–water partition coefficient (Wildman–Crippen LogP) is 2.57. The summed E-state index contributed by atoms with van der Waals surface area (Å²) in [5.41, 5.74) is 0. The molecule has 0 aromatic carbocycles. The lowest BCUT2D eigenvalue weighted by molar-refractivity contribution is 0.137. The first-order valence-electron chi connectivity index (χ1n) is 9.46. The fourth-order valence-corrected chi connectivity index (χ4v) is 5.01. The molecule has 2 heterocycles. The van der Waals surface area contributed by atoms with Gasteiger partial charge in [0.05, 0.1) is 0 Å². The second-order valence-electron chi connectivity index (χ2n) is 7.79. The molecule has 3 aliphatic rings. The Morgan fingerprint density at radius 2 is 1.90 bits per heavy atom. The van der Waals surface area contributed by atoms with Crippen LogP contribution in [0.3, 0.4) is 0 Å². The van der Waals surface area contributed by atoms with Crippen LogP contribution >= 0.6 is 0 Å². The van der Waals surface area contributed by atoms with E-state index >= 15 is 0 Å². The van der Waals surface area contributed by atoms with Crippen LogP contribution in [0.4, 0.5) is 0 Å². The molecular formula is C18H35N3. The molecule has 4 unspecified atom stereocenters. The fourth-order valence-electron chi connectivity index (χ4n) is 5.01. The summed E-state index contributed by atoms with van der Waals surface area (Å²) in [7, 11) is 0. The number of fused-ring (bicyclic) bond motifs is 1. The van der Waals surface area contributed by atoms with Crippen LogP contribution < -0.4 is 5.32 Å². The number of hydrogen-bond donors (Lipinski definition) is 1. The first-order valence-corrected chi connectivity index (χ1v) is 9.46. The zero-order valence-electron chi connectivity index (χ0n) is 14.2. The Morgan fingerprint density at radius 3 is 2.76 bits per heavy atom. The maximum atomic E-state index is 3.77. The molecule has 3 heteroatoms. The van der Waals surface area contributed by atoms with Crippen molar-refractivity contribution in [2.24, 2.45) is 11.8 Å². The molecule has 0 bridgehead atoms. The van der Waals surface area contributed by atoms with Gasteiger partial charge >= 0.3 is 0 Å². The highest BCUT2D eigenvalue weighted by Gasteiger charge is 2.33. The third-order valence-corrected chi connectivity index (χ3v) is 6.09. The molecule has 4 atom stereocenters. The molecule has 3 rings (SSSR count). The Kier molecular flexibility index (Phi) is 5.58. The Hall–Kier alpha value is -0.120. The van der Waals surface area contributed by atoms with Gasteiger partial charge in [-0.05, 0) is 76.5 Å². The summed E-state index contributed by atoms with van der Waals surface area (Å²) in [6.45, 7) is 12.6. The Morgan fingerprint density at radius 1 is 1.05 bits per heavy atom. The van der Waals surface area contributed by atoms with Crippen LogP contribution in [-0.2, 0) is 0 Å². The molecule has 3 fully saturated rings. The minimum atomic E-state index is 0.772. The first-order chi connectivity index (χ1) is 10.3. The van der Waals surface area contributed by atoms with Gasteiger partial charge in [0.1, 0.15) is 0 Å². The van der Waals surface area contributed by atoms with Crippen LogP contribution in [0.25, 0.3) is 0 Å². The molecule has 2 aliphatic heterocycles. The van der Waals surface area contributed by atoms with Crippen molar-refractivity contribution in [2.75, 3.05) is 39.3 Å². The summed E-state index contributed by atoms with van der Waals surface area (Å²) < 4.78 is 0. The molecule has 0 aromatic heterocycles. The second-order valence-corrected chi connectivity index (χ2v) is 7.79. The van der Waals surface area contributed by atoms with Crippen molar-refractivity contribution in [3.8, 4) is 0 Å². The lowest BCUT2D eigenvalue weighted by atomic mass is 9.78. The van der Waals surface area contributed by atoms with Crippen LogP contribution in [0.1, 0.15) is 52.4 Å². The molecule has 1 saturated carbocycles. The minimum Gasteiger partial charge on any atom is -0.314 e. The molecular weight excluding hydrogens is 258 g/mol. The predicted molar refractivity (Wildman–Crippen MR) is 89.6 cm³/mol. The zero-order chi connectivity index (χ0) is 14.7. The van der Waals surface area contributed by atoms with Gasteiger partial charge in [-0.1, -0.05) is 13.8 Å². The highest BCUT2D eigenvalue weighted by atomic mass is 15.3. The maximum Gasteiger partial charge on any atom is 0.0223 e. The van der Waals surface area contributed by atoms with E-state index in [1.165, 1.54) is 71.2 Å². The Bertz CT molecular complexity index is 320. The van der Waals surface area contributed by atoms with Gasteiger partial charge in [0, 0.05) is 25.2 Å². The van der Waals surface area contributed by atoms with Gasteiger partial charge in [0.25, 0.3) is 0 Å². The maximum absolute atomic E-state index is 3.77. The number of nitrogens with one attached hydrogen (secondary N) is 1. The van der Waals surface area contributed by atoms with E-state index in [1.807, 2.05) is 0 Å². The van der Waals surface area contributed by atoms with Crippen LogP contribution in [0.5, 0.6) is 0 Å². The van der Waals surface area contributed by atoms with Crippen molar-refractivity contribution >= 4 is 0 Å². The van der Waals surface area contributed by atoms with E-state index in [0.29, 0.717) is 0 Å². The number of nitrogens with zero attached hydrogens (tertiary/aromatic N) is 2. The monoisotopic (exact) mass is 293 g/mol. The smallest absolute Gasteiger partial charge is 0.0223 e. The minimum absolute atomic E-state index is 0.772. The van der Waals surface area contributed by atoms with E-state index in [0.717, 1.165) is 30.5 Å². The largest absolute Gasteiger partial charge is 0.314 e. The molecule has 0 aromatic rings. The van der Waals surface area contributed by atoms with E-state index in [2.05, 4.69) is 29.0 Å². The second kappa shape index (κ2) is 7.43. The molecule has 0 radical (unpaired) electrons. The lowest BCUT2D eigenvalue weighted by Gasteiger charge is -2.38. The number of hydrogen-bond acceptors (Lipinski definition) is 3. The number of rotatable bonds is 4. The fraction of sp³-hybridized carbons (Fsp3) is 1.00. The van der Waals surface area contributed by atoms with E-state index in [4.69, 9.17) is 0 Å². The van der Waals surface area contributed by atoms with Crippen molar-refractivity contribution in [1.29, 1.82) is 0 Å². The van der Waals surface area contributed by atoms with Crippen molar-refractivity contribution in [3.05, 3.63) is 0 Å². The average molecular weight is 293 g/mol. The molecule has 1 aliphatic carbocycles. The van der Waals surface area contributed by atoms with Crippen LogP contribution in [0.15, 0.2) is 0 Å². The first kappa shape index (κ1) is 15.8. The highest BCUT2D eigenvalue weighted by molar-refractivity contribution is 4.89. The topological polar surface area (TPSA) is 18.5 Å². The molecule has 3 nitrogen and oxygen atoms in total. The third-order valence-electron chi connectivity index (χ3n) is 6.09. The quantitative estimate of drug-likeness (QED) is 0.859. The van der Waals surface area contributed by atoms with Gasteiger partial charge in [-0.25, -0.2) is 0 Å². The molecule has 0 amide bonds. The molecule has 122 valence electrons. The third kappa shape index (κ3) is 4.00. The van der Waals surface area contributed by atoms with Crippen LogP contribution in [0, 0.1) is 11.8 Å². The summed E-state index contributed by atoms with van der Waals surface area (Å²) >= 11 is 0. The summed E-state index contributed by atoms with van der Waals surface area (Å²) in [5.74, 6) is 1.81. The van der Waals surface area contributed by atoms with E-state index in [9.17, 15) is 0 Å². The van der Waals surface area contributed by atoms with Crippen LogP contribution in [-0.4, -0.2) is 61.2 Å². The molecule has 2 saturated heterocycles.